The van der Waals surface area contributed by atoms with Crippen molar-refractivity contribution in [1.82, 2.24) is 29.6 Å². The average molecular weight is 478 g/mol. The van der Waals surface area contributed by atoms with E-state index in [1.807, 2.05) is 44.1 Å². The molecular formula is C23H27N9O3. The fourth-order valence-corrected chi connectivity index (χ4v) is 3.63. The predicted octanol–water partition coefficient (Wildman–Crippen LogP) is 3.08. The van der Waals surface area contributed by atoms with Crippen molar-refractivity contribution in [2.45, 2.75) is 0 Å². The molecule has 1 aromatic carbocycles. The first-order valence-corrected chi connectivity index (χ1v) is 10.9. The molecule has 0 aliphatic carbocycles. The van der Waals surface area contributed by atoms with Crippen molar-refractivity contribution < 1.29 is 9.66 Å². The van der Waals surface area contributed by atoms with E-state index in [1.165, 1.54) is 13.2 Å². The summed E-state index contributed by atoms with van der Waals surface area (Å²) in [6.07, 6.45) is 5.08. The molecule has 0 amide bonds. The normalized spacial score (nSPS) is 11.1. The van der Waals surface area contributed by atoms with Gasteiger partial charge in [0.1, 0.15) is 11.4 Å². The van der Waals surface area contributed by atoms with Crippen LogP contribution in [0.3, 0.4) is 0 Å². The number of nitro groups is 1. The first-order valence-electron chi connectivity index (χ1n) is 10.9. The van der Waals surface area contributed by atoms with Crippen LogP contribution in [-0.4, -0.2) is 75.9 Å². The van der Waals surface area contributed by atoms with Gasteiger partial charge in [-0.3, -0.25) is 14.8 Å². The van der Waals surface area contributed by atoms with Gasteiger partial charge in [0.05, 0.1) is 29.6 Å². The standard InChI is InChI=1S/C23H27N9O3/c1-29(2)8-9-30(3)19-12-21(35-5)18(11-20(19)32(33)34)28-23-24-7-6-17(27-23)15-10-16-14-26-31(4)22(16)25-13-15/h6-7,10-14H,8-9H2,1-5H3,(H,24,27,28). The SMILES string of the molecule is COc1cc(N(C)CCN(C)C)c([N+](=O)[O-])cc1Nc1nccc(-c2cnc3c(cnn3C)c2)n1. The monoisotopic (exact) mass is 477 g/mol. The molecule has 0 unspecified atom stereocenters. The Hall–Kier alpha value is -4.32. The highest BCUT2D eigenvalue weighted by atomic mass is 16.6. The maximum Gasteiger partial charge on any atom is 0.294 e. The molecule has 0 fully saturated rings. The Balaban J connectivity index is 1.66. The largest absolute Gasteiger partial charge is 0.494 e. The topological polar surface area (TPSA) is 127 Å². The molecule has 182 valence electrons. The number of nitrogens with one attached hydrogen (secondary N) is 1. The number of hydrogen-bond acceptors (Lipinski definition) is 10. The third kappa shape index (κ3) is 5.11. The number of benzene rings is 1. The molecule has 35 heavy (non-hydrogen) atoms. The van der Waals surface area contributed by atoms with Gasteiger partial charge in [-0.25, -0.2) is 15.0 Å². The van der Waals surface area contributed by atoms with Crippen LogP contribution in [0, 0.1) is 10.1 Å². The minimum Gasteiger partial charge on any atom is -0.494 e. The molecule has 0 atom stereocenters. The van der Waals surface area contributed by atoms with Gasteiger partial charge in [-0.1, -0.05) is 0 Å². The minimum absolute atomic E-state index is 0.0445. The van der Waals surface area contributed by atoms with Crippen LogP contribution in [0.5, 0.6) is 5.75 Å². The molecule has 4 aromatic rings. The molecule has 0 saturated heterocycles. The van der Waals surface area contributed by atoms with Gasteiger partial charge in [0, 0.05) is 62.7 Å². The highest BCUT2D eigenvalue weighted by Gasteiger charge is 2.22. The summed E-state index contributed by atoms with van der Waals surface area (Å²) in [4.78, 5) is 28.6. The number of anilines is 3. The number of hydrogen-bond donors (Lipinski definition) is 1. The van der Waals surface area contributed by atoms with E-state index >= 15 is 0 Å². The van der Waals surface area contributed by atoms with E-state index in [4.69, 9.17) is 4.74 Å². The maximum absolute atomic E-state index is 11.9. The predicted molar refractivity (Wildman–Crippen MR) is 134 cm³/mol. The number of methoxy groups -OCH3 is 1. The van der Waals surface area contributed by atoms with Crippen molar-refractivity contribution >= 4 is 34.0 Å². The number of ether oxygens (including phenoxy) is 1. The average Bonchev–Trinajstić information content (AvgIpc) is 3.22. The molecule has 1 N–H and O–H groups in total. The van der Waals surface area contributed by atoms with Gasteiger partial charge < -0.3 is 19.9 Å². The van der Waals surface area contributed by atoms with Crippen LogP contribution >= 0.6 is 0 Å². The van der Waals surface area contributed by atoms with E-state index in [1.54, 1.807) is 35.4 Å². The van der Waals surface area contributed by atoms with E-state index in [2.05, 4.69) is 25.4 Å². The lowest BCUT2D eigenvalue weighted by Crippen LogP contribution is -2.28. The van der Waals surface area contributed by atoms with Crippen LogP contribution < -0.4 is 15.0 Å². The molecule has 3 heterocycles. The Kier molecular flexibility index (Phi) is 6.73. The number of aromatic nitrogens is 5. The van der Waals surface area contributed by atoms with Crippen LogP contribution in [0.2, 0.25) is 0 Å². The first kappa shape index (κ1) is 23.8. The number of nitrogens with zero attached hydrogens (tertiary/aromatic N) is 8. The lowest BCUT2D eigenvalue weighted by atomic mass is 10.2. The van der Waals surface area contributed by atoms with Crippen molar-refractivity contribution in [2.24, 2.45) is 7.05 Å². The fourth-order valence-electron chi connectivity index (χ4n) is 3.63. The second-order valence-corrected chi connectivity index (χ2v) is 8.32. The van der Waals surface area contributed by atoms with Gasteiger partial charge in [-0.05, 0) is 26.2 Å². The number of nitro benzene ring substituents is 1. The van der Waals surface area contributed by atoms with E-state index in [9.17, 15) is 10.1 Å². The molecule has 12 nitrogen and oxygen atoms in total. The Bertz CT molecular complexity index is 1370. The van der Waals surface area contributed by atoms with Crippen molar-refractivity contribution in [3.05, 3.63) is 53.0 Å². The molecule has 0 saturated carbocycles. The van der Waals surface area contributed by atoms with Gasteiger partial charge in [0.15, 0.2) is 5.65 Å². The second-order valence-electron chi connectivity index (χ2n) is 8.32. The second kappa shape index (κ2) is 9.89. The number of fused-ring (bicyclic) bond motifs is 1. The summed E-state index contributed by atoms with van der Waals surface area (Å²) in [5.74, 6) is 0.713. The third-order valence-electron chi connectivity index (χ3n) is 5.56. The third-order valence-corrected chi connectivity index (χ3v) is 5.56. The molecular weight excluding hydrogens is 450 g/mol. The molecule has 0 aliphatic rings. The molecule has 0 aliphatic heterocycles. The van der Waals surface area contributed by atoms with Crippen LogP contribution in [0.15, 0.2) is 42.9 Å². The zero-order valence-electron chi connectivity index (χ0n) is 20.3. The smallest absolute Gasteiger partial charge is 0.294 e. The van der Waals surface area contributed by atoms with Crippen molar-refractivity contribution in [3.63, 3.8) is 0 Å². The highest BCUT2D eigenvalue weighted by molar-refractivity contribution is 5.80. The molecule has 12 heteroatoms. The summed E-state index contributed by atoms with van der Waals surface area (Å²) < 4.78 is 7.24. The van der Waals surface area contributed by atoms with Crippen LogP contribution in [-0.2, 0) is 7.05 Å². The quantitative estimate of drug-likeness (QED) is 0.284. The van der Waals surface area contributed by atoms with E-state index in [0.717, 1.165) is 23.1 Å². The van der Waals surface area contributed by atoms with Crippen molar-refractivity contribution in [1.29, 1.82) is 0 Å². The van der Waals surface area contributed by atoms with Crippen LogP contribution in [0.25, 0.3) is 22.3 Å². The summed E-state index contributed by atoms with van der Waals surface area (Å²) >= 11 is 0. The Morgan fingerprint density at radius 3 is 2.66 bits per heavy atom. The molecule has 0 radical (unpaired) electrons. The summed E-state index contributed by atoms with van der Waals surface area (Å²) in [5.41, 5.74) is 3.03. The number of likely N-dealkylation sites (N-methyl/N-ethyl adjacent to an activating group) is 2. The number of rotatable bonds is 9. The zero-order chi connectivity index (χ0) is 25.1. The van der Waals surface area contributed by atoms with Crippen molar-refractivity contribution in [3.8, 4) is 17.0 Å². The highest BCUT2D eigenvalue weighted by Crippen LogP contribution is 2.39. The van der Waals surface area contributed by atoms with E-state index in [-0.39, 0.29) is 11.6 Å². The summed E-state index contributed by atoms with van der Waals surface area (Å²) in [5, 5.41) is 20.1. The summed E-state index contributed by atoms with van der Waals surface area (Å²) in [6.45, 7) is 1.36. The van der Waals surface area contributed by atoms with E-state index < -0.39 is 4.92 Å². The Labute approximate surface area is 202 Å². The summed E-state index contributed by atoms with van der Waals surface area (Å²) in [7, 11) is 9.07. The maximum atomic E-state index is 11.9. The zero-order valence-corrected chi connectivity index (χ0v) is 20.3. The Morgan fingerprint density at radius 1 is 1.14 bits per heavy atom. The Morgan fingerprint density at radius 2 is 1.94 bits per heavy atom. The molecule has 0 spiro atoms. The van der Waals surface area contributed by atoms with Gasteiger partial charge in [0.25, 0.3) is 5.69 Å². The van der Waals surface area contributed by atoms with Gasteiger partial charge >= 0.3 is 0 Å². The van der Waals surface area contributed by atoms with Gasteiger partial charge in [-0.2, -0.15) is 5.10 Å². The van der Waals surface area contributed by atoms with Gasteiger partial charge in [-0.15, -0.1) is 0 Å². The summed E-state index contributed by atoms with van der Waals surface area (Å²) in [6, 6.07) is 6.82. The lowest BCUT2D eigenvalue weighted by Gasteiger charge is -2.22. The first-order chi connectivity index (χ1) is 16.8. The van der Waals surface area contributed by atoms with Crippen LogP contribution in [0.4, 0.5) is 23.0 Å². The van der Waals surface area contributed by atoms with Gasteiger partial charge in [0.2, 0.25) is 5.95 Å². The lowest BCUT2D eigenvalue weighted by molar-refractivity contribution is -0.384. The number of pyridine rings is 1. The molecule has 4 rings (SSSR count). The minimum atomic E-state index is -0.405. The molecule has 0 bridgehead atoms. The van der Waals surface area contributed by atoms with Crippen LogP contribution in [0.1, 0.15) is 0 Å². The van der Waals surface area contributed by atoms with E-state index in [0.29, 0.717) is 29.4 Å². The number of aryl methyl sites for hydroxylation is 1. The fraction of sp³-hybridized carbons (Fsp3) is 0.304. The van der Waals surface area contributed by atoms with Crippen molar-refractivity contribution in [2.75, 3.05) is 51.6 Å². The molecule has 3 aromatic heterocycles.